The maximum Gasteiger partial charge on any atom is 0.320 e. The second-order valence-corrected chi connectivity index (χ2v) is 22.1. The zero-order chi connectivity index (χ0) is 61.5. The van der Waals surface area contributed by atoms with Crippen molar-refractivity contribution in [1.82, 2.24) is 44.8 Å². The van der Waals surface area contributed by atoms with Crippen molar-refractivity contribution in [3.63, 3.8) is 0 Å². The Hall–Kier alpha value is -6.66. The molecule has 1 atom stereocenters. The van der Waals surface area contributed by atoms with Crippen LogP contribution in [0.3, 0.4) is 0 Å². The summed E-state index contributed by atoms with van der Waals surface area (Å²) in [5.74, 6) is -3.89. The van der Waals surface area contributed by atoms with Gasteiger partial charge in [0.25, 0.3) is 0 Å². The zero-order valence-corrected chi connectivity index (χ0v) is 49.6. The Morgan fingerprint density at radius 3 is 1.81 bits per heavy atom. The quantitative estimate of drug-likeness (QED) is 0.0368. The lowest BCUT2D eigenvalue weighted by Crippen LogP contribution is -2.52. The summed E-state index contributed by atoms with van der Waals surface area (Å²) < 4.78 is 37.5. The molecule has 28 heteroatoms. The van der Waals surface area contributed by atoms with E-state index < -0.39 is 35.8 Å². The molecule has 3 aliphatic rings. The molecule has 0 spiro atoms. The fraction of sp³-hybridized carbons (Fsp3) is 0.586. The molecule has 86 heavy (non-hydrogen) atoms. The van der Waals surface area contributed by atoms with Crippen LogP contribution in [0.5, 0.6) is 0 Å². The lowest BCUT2D eigenvalue weighted by atomic mass is 9.96. The molecule has 4 aromatic rings. The highest BCUT2D eigenvalue weighted by molar-refractivity contribution is 6.31. The number of aromatic nitrogens is 3. The number of amides is 2. The molecule has 0 bridgehead atoms. The largest absolute Gasteiger partial charge is 0.480 e. The summed E-state index contributed by atoms with van der Waals surface area (Å²) in [6.07, 6.45) is 3.42. The lowest BCUT2D eigenvalue weighted by molar-refractivity contribution is -0.145. The van der Waals surface area contributed by atoms with Gasteiger partial charge in [0.15, 0.2) is 0 Å². The maximum absolute atomic E-state index is 15.0. The van der Waals surface area contributed by atoms with Crippen LogP contribution >= 0.6 is 11.6 Å². The average molecular weight is 1230 g/mol. The summed E-state index contributed by atoms with van der Waals surface area (Å²) >= 11 is 6.40. The predicted octanol–water partition coefficient (Wildman–Crippen LogP) is 2.25. The van der Waals surface area contributed by atoms with Crippen LogP contribution in [0.4, 0.5) is 15.9 Å². The van der Waals surface area contributed by atoms with Crippen LogP contribution in [0.1, 0.15) is 37.7 Å². The molecular weight excluding hydrogens is 1140 g/mol. The van der Waals surface area contributed by atoms with Gasteiger partial charge in [-0.3, -0.25) is 48.4 Å². The van der Waals surface area contributed by atoms with Crippen molar-refractivity contribution in [2.75, 3.05) is 180 Å². The highest BCUT2D eigenvalue weighted by Gasteiger charge is 2.33. The highest BCUT2D eigenvalue weighted by atomic mass is 35.5. The van der Waals surface area contributed by atoms with Gasteiger partial charge in [0.05, 0.1) is 101 Å². The van der Waals surface area contributed by atoms with Gasteiger partial charge in [-0.25, -0.2) is 14.4 Å². The number of carboxylic acid groups (broad SMARTS) is 4. The first kappa shape index (κ1) is 66.9. The van der Waals surface area contributed by atoms with E-state index in [2.05, 4.69) is 20.1 Å². The van der Waals surface area contributed by atoms with Crippen LogP contribution in [-0.4, -0.2) is 278 Å². The molecule has 3 aliphatic heterocycles. The summed E-state index contributed by atoms with van der Waals surface area (Å²) in [4.78, 5) is 99.9. The highest BCUT2D eigenvalue weighted by Crippen LogP contribution is 2.45. The first-order valence-electron chi connectivity index (χ1n) is 29.3. The number of carbonyl (C=O) groups is 6. The van der Waals surface area contributed by atoms with Crippen LogP contribution in [-0.2, 0) is 47.7 Å². The lowest BCUT2D eigenvalue weighted by Gasteiger charge is -2.39. The number of pyridine rings is 1. The number of hydrogen-bond donors (Lipinski definition) is 7. The van der Waals surface area contributed by atoms with Gasteiger partial charge in [0, 0.05) is 127 Å². The van der Waals surface area contributed by atoms with Crippen molar-refractivity contribution in [2.45, 2.75) is 51.1 Å². The summed E-state index contributed by atoms with van der Waals surface area (Å²) in [5, 5.41) is 42.0. The van der Waals surface area contributed by atoms with E-state index in [0.717, 1.165) is 40.7 Å². The van der Waals surface area contributed by atoms with E-state index in [-0.39, 0.29) is 142 Å². The number of ether oxygens (including phenoxy) is 4. The SMILES string of the molecule is Cc1cc(F)cc(-c2cnc(N3CCN(C(=O)CCOCCOCCOCCOCCNC(=O)CCC(C(=O)O)N4CCN(CC(=O)O)CCN(CC(=O)O)CCN(CC(=O)O)CC4)CC3)c(-c3nc4cc(Cl)ccc4[nH]3)c2N2CCC(N)CC2)c1. The number of nitrogens with two attached hydrogens (primary N) is 1. The molecular formula is C58H82ClFN12O14. The maximum atomic E-state index is 15.0. The van der Waals surface area contributed by atoms with Crippen molar-refractivity contribution in [1.29, 1.82) is 0 Å². The Kier molecular flexibility index (Phi) is 26.5. The standard InChI is InChI=1S/C58H82ClFN12O14/c1-40-32-41(34-43(60)33-40)45-36-63-57(54(55(45)71-10-6-44(61)7-11-71)56-64-46-3-2-42(59)35-47(46)65-56)72-22-20-70(21-23-72)50(74)8-24-83-26-28-85-30-31-86-29-27-84-25-9-62-49(73)5-4-48(58(81)82)69-18-16-67(38-52(77)78)14-12-66(37-51(75)76)13-15-68(17-19-69)39-53(79)80/h2-3,32-36,44,48H,4-31,37-39,61H2,1H3,(H,62,73)(H,64,65)(H,75,76)(H,77,78)(H,79,80)(H,81,82). The number of carbonyl (C=O) groups excluding carboxylic acids is 2. The van der Waals surface area contributed by atoms with Gasteiger partial charge in [-0.05, 0) is 67.6 Å². The van der Waals surface area contributed by atoms with Crippen LogP contribution in [0.15, 0.2) is 42.6 Å². The molecule has 472 valence electrons. The molecule has 5 heterocycles. The van der Waals surface area contributed by atoms with E-state index in [1.54, 1.807) is 19.6 Å². The number of piperazine rings is 1. The molecule has 2 amide bonds. The summed E-state index contributed by atoms with van der Waals surface area (Å²) in [7, 11) is 0. The minimum Gasteiger partial charge on any atom is -0.480 e. The number of anilines is 2. The Bertz CT molecular complexity index is 2840. The Morgan fingerprint density at radius 2 is 1.26 bits per heavy atom. The minimum absolute atomic E-state index is 0.0187. The molecule has 2 aromatic carbocycles. The molecule has 1 unspecified atom stereocenters. The van der Waals surface area contributed by atoms with E-state index in [1.165, 1.54) is 12.1 Å². The van der Waals surface area contributed by atoms with Gasteiger partial charge in [-0.1, -0.05) is 17.7 Å². The van der Waals surface area contributed by atoms with Crippen molar-refractivity contribution >= 4 is 69.8 Å². The fourth-order valence-electron chi connectivity index (χ4n) is 10.8. The number of aryl methyl sites for hydroxylation is 1. The van der Waals surface area contributed by atoms with Crippen LogP contribution in [0.25, 0.3) is 33.5 Å². The number of aromatic amines is 1. The molecule has 3 fully saturated rings. The number of H-pyrrole nitrogens is 1. The number of aliphatic carboxylic acids is 4. The third kappa shape index (κ3) is 21.0. The van der Waals surface area contributed by atoms with Gasteiger partial charge in [0.1, 0.15) is 23.5 Å². The van der Waals surface area contributed by atoms with Crippen molar-refractivity contribution < 1.29 is 72.5 Å². The number of carboxylic acids is 4. The smallest absolute Gasteiger partial charge is 0.320 e. The number of fused-ring (bicyclic) bond motifs is 1. The second-order valence-electron chi connectivity index (χ2n) is 21.7. The minimum atomic E-state index is -1.18. The molecule has 0 radical (unpaired) electrons. The van der Waals surface area contributed by atoms with Gasteiger partial charge >= 0.3 is 23.9 Å². The number of nitrogens with zero attached hydrogens (tertiary/aromatic N) is 9. The Morgan fingerprint density at radius 1 is 0.698 bits per heavy atom. The molecule has 0 saturated carbocycles. The molecule has 7 rings (SSSR count). The number of imidazole rings is 1. The summed E-state index contributed by atoms with van der Waals surface area (Å²) in [6, 6.07) is 9.48. The number of piperidine rings is 1. The van der Waals surface area contributed by atoms with Gasteiger partial charge in [-0.2, -0.15) is 0 Å². The predicted molar refractivity (Wildman–Crippen MR) is 318 cm³/mol. The van der Waals surface area contributed by atoms with Crippen molar-refractivity contribution in [3.05, 3.63) is 59.0 Å². The third-order valence-electron chi connectivity index (χ3n) is 15.3. The molecule has 2 aromatic heterocycles. The van der Waals surface area contributed by atoms with Gasteiger partial charge < -0.3 is 70.1 Å². The Labute approximate surface area is 504 Å². The van der Waals surface area contributed by atoms with E-state index in [1.807, 2.05) is 42.3 Å². The van der Waals surface area contributed by atoms with Gasteiger partial charge in [0.2, 0.25) is 11.8 Å². The monoisotopic (exact) mass is 1220 g/mol. The fourth-order valence-corrected chi connectivity index (χ4v) is 11.0. The molecule has 26 nitrogen and oxygen atoms in total. The summed E-state index contributed by atoms with van der Waals surface area (Å²) in [6.45, 7) is 7.86. The number of hydrogen-bond acceptors (Lipinski definition) is 19. The third-order valence-corrected chi connectivity index (χ3v) is 15.6. The van der Waals surface area contributed by atoms with Crippen molar-refractivity contribution in [2.24, 2.45) is 5.73 Å². The Balaban J connectivity index is 0.774. The van der Waals surface area contributed by atoms with E-state index >= 15 is 4.39 Å². The normalized spacial score (nSPS) is 17.1. The van der Waals surface area contributed by atoms with Crippen LogP contribution in [0, 0.1) is 12.7 Å². The van der Waals surface area contributed by atoms with E-state index in [4.69, 9.17) is 46.3 Å². The first-order chi connectivity index (χ1) is 41.4. The molecule has 0 aliphatic carbocycles. The van der Waals surface area contributed by atoms with Crippen molar-refractivity contribution in [3.8, 4) is 22.5 Å². The molecule has 3 saturated heterocycles. The first-order valence-corrected chi connectivity index (χ1v) is 29.6. The van der Waals surface area contributed by atoms with Crippen LogP contribution in [0.2, 0.25) is 5.02 Å². The zero-order valence-electron chi connectivity index (χ0n) is 48.8. The number of halogens is 2. The van der Waals surface area contributed by atoms with Gasteiger partial charge in [-0.15, -0.1) is 0 Å². The van der Waals surface area contributed by atoms with Crippen LogP contribution < -0.4 is 20.9 Å². The second kappa shape index (κ2) is 34.0. The number of benzene rings is 2. The summed E-state index contributed by atoms with van der Waals surface area (Å²) in [5.41, 5.74) is 11.9. The van der Waals surface area contributed by atoms with E-state index in [9.17, 15) is 49.2 Å². The van der Waals surface area contributed by atoms with E-state index in [0.29, 0.717) is 93.4 Å². The number of rotatable bonds is 30. The average Bonchev–Trinajstić information content (AvgIpc) is 1.36. The topological polar surface area (TPSA) is 323 Å². The molecule has 8 N–H and O–H groups in total. The number of nitrogens with one attached hydrogen (secondary N) is 2.